The molecule has 72 valence electrons. The third-order valence-corrected chi connectivity index (χ3v) is 2.34. The minimum atomic E-state index is -0.0501. The Morgan fingerprint density at radius 1 is 1.15 bits per heavy atom. The molecule has 0 saturated heterocycles. The van der Waals surface area contributed by atoms with E-state index in [1.807, 2.05) is 6.92 Å². The number of hydrogen-bond donors (Lipinski definition) is 2. The van der Waals surface area contributed by atoms with E-state index in [0.717, 1.165) is 12.0 Å². The topological polar surface area (TPSA) is 52.0 Å². The van der Waals surface area contributed by atoms with Crippen LogP contribution in [0.4, 0.5) is 0 Å². The molecule has 0 heterocycles. The molecule has 4 N–H and O–H groups in total. The van der Waals surface area contributed by atoms with Gasteiger partial charge in [0, 0.05) is 12.1 Å². The largest absolute Gasteiger partial charge is 0.326 e. The standard InChI is InChI=1S/C11H18N2/c1-3-9-4-6-10(7-5-9)11(13)8(2)12/h4-8,11H,3,12-13H2,1-2H3. The van der Waals surface area contributed by atoms with Crippen molar-refractivity contribution in [2.45, 2.75) is 32.4 Å². The molecule has 2 nitrogen and oxygen atoms in total. The molecule has 0 spiro atoms. The normalized spacial score (nSPS) is 15.4. The van der Waals surface area contributed by atoms with Crippen LogP contribution in [0.1, 0.15) is 31.0 Å². The number of hydrogen-bond acceptors (Lipinski definition) is 2. The van der Waals surface area contributed by atoms with E-state index in [2.05, 4.69) is 31.2 Å². The van der Waals surface area contributed by atoms with Crippen molar-refractivity contribution in [2.75, 3.05) is 0 Å². The smallest absolute Gasteiger partial charge is 0.0445 e. The fourth-order valence-electron chi connectivity index (χ4n) is 1.28. The summed E-state index contributed by atoms with van der Waals surface area (Å²) in [6.45, 7) is 4.07. The first-order valence-electron chi connectivity index (χ1n) is 4.75. The second kappa shape index (κ2) is 4.40. The Morgan fingerprint density at radius 3 is 2.08 bits per heavy atom. The van der Waals surface area contributed by atoms with Crippen molar-refractivity contribution in [3.8, 4) is 0 Å². The predicted molar refractivity (Wildman–Crippen MR) is 56.4 cm³/mol. The molecule has 2 heteroatoms. The van der Waals surface area contributed by atoms with Gasteiger partial charge in [-0.05, 0) is 24.5 Å². The molecule has 0 bridgehead atoms. The highest BCUT2D eigenvalue weighted by Crippen LogP contribution is 2.13. The summed E-state index contributed by atoms with van der Waals surface area (Å²) in [6, 6.07) is 8.30. The summed E-state index contributed by atoms with van der Waals surface area (Å²) in [5.41, 5.74) is 14.1. The second-order valence-electron chi connectivity index (χ2n) is 3.48. The number of rotatable bonds is 3. The monoisotopic (exact) mass is 178 g/mol. The maximum atomic E-state index is 5.90. The molecule has 0 aliphatic heterocycles. The van der Waals surface area contributed by atoms with Crippen LogP contribution in [0.5, 0.6) is 0 Å². The van der Waals surface area contributed by atoms with Gasteiger partial charge in [-0.1, -0.05) is 31.2 Å². The molecular weight excluding hydrogens is 160 g/mol. The van der Waals surface area contributed by atoms with Crippen molar-refractivity contribution >= 4 is 0 Å². The van der Waals surface area contributed by atoms with Gasteiger partial charge in [-0.25, -0.2) is 0 Å². The van der Waals surface area contributed by atoms with Gasteiger partial charge < -0.3 is 11.5 Å². The van der Waals surface area contributed by atoms with E-state index in [1.165, 1.54) is 5.56 Å². The zero-order chi connectivity index (χ0) is 9.84. The van der Waals surface area contributed by atoms with Gasteiger partial charge in [0.15, 0.2) is 0 Å². The number of aryl methyl sites for hydroxylation is 1. The fourth-order valence-corrected chi connectivity index (χ4v) is 1.28. The molecule has 0 saturated carbocycles. The maximum absolute atomic E-state index is 5.90. The van der Waals surface area contributed by atoms with Crippen LogP contribution in [0, 0.1) is 0 Å². The van der Waals surface area contributed by atoms with E-state index >= 15 is 0 Å². The molecule has 0 aliphatic rings. The predicted octanol–water partition coefficient (Wildman–Crippen LogP) is 1.60. The molecule has 0 radical (unpaired) electrons. The highest BCUT2D eigenvalue weighted by Gasteiger charge is 2.09. The average molecular weight is 178 g/mol. The quantitative estimate of drug-likeness (QED) is 0.738. The Labute approximate surface area is 79.9 Å². The average Bonchev–Trinajstić information content (AvgIpc) is 2.17. The van der Waals surface area contributed by atoms with Crippen LogP contribution < -0.4 is 11.5 Å². The highest BCUT2D eigenvalue weighted by molar-refractivity contribution is 5.25. The molecule has 2 unspecified atom stereocenters. The third kappa shape index (κ3) is 2.54. The van der Waals surface area contributed by atoms with E-state index in [0.29, 0.717) is 0 Å². The van der Waals surface area contributed by atoms with E-state index in [-0.39, 0.29) is 12.1 Å². The molecule has 1 aromatic rings. The summed E-state index contributed by atoms with van der Waals surface area (Å²) in [4.78, 5) is 0. The van der Waals surface area contributed by atoms with E-state index in [1.54, 1.807) is 0 Å². The molecule has 0 amide bonds. The summed E-state index contributed by atoms with van der Waals surface area (Å²) >= 11 is 0. The summed E-state index contributed by atoms with van der Waals surface area (Å²) in [6.07, 6.45) is 1.06. The van der Waals surface area contributed by atoms with Crippen LogP contribution in [0.25, 0.3) is 0 Å². The van der Waals surface area contributed by atoms with Crippen LogP contribution in [-0.4, -0.2) is 6.04 Å². The minimum Gasteiger partial charge on any atom is -0.326 e. The first-order chi connectivity index (χ1) is 6.15. The van der Waals surface area contributed by atoms with Gasteiger partial charge in [-0.3, -0.25) is 0 Å². The van der Waals surface area contributed by atoms with Crippen molar-refractivity contribution in [2.24, 2.45) is 11.5 Å². The minimum absolute atomic E-state index is 0.00692. The summed E-state index contributed by atoms with van der Waals surface area (Å²) < 4.78 is 0. The van der Waals surface area contributed by atoms with Crippen LogP contribution >= 0.6 is 0 Å². The first kappa shape index (κ1) is 10.2. The van der Waals surface area contributed by atoms with Crippen LogP contribution in [0.3, 0.4) is 0 Å². The number of benzene rings is 1. The van der Waals surface area contributed by atoms with Gasteiger partial charge in [0.2, 0.25) is 0 Å². The van der Waals surface area contributed by atoms with Gasteiger partial charge in [-0.2, -0.15) is 0 Å². The fraction of sp³-hybridized carbons (Fsp3) is 0.455. The van der Waals surface area contributed by atoms with Crippen molar-refractivity contribution in [1.29, 1.82) is 0 Å². The van der Waals surface area contributed by atoms with Crippen molar-refractivity contribution in [3.63, 3.8) is 0 Å². The van der Waals surface area contributed by atoms with Gasteiger partial charge >= 0.3 is 0 Å². The lowest BCUT2D eigenvalue weighted by atomic mass is 10.0. The lowest BCUT2D eigenvalue weighted by molar-refractivity contribution is 0.589. The zero-order valence-electron chi connectivity index (χ0n) is 8.33. The molecule has 0 aliphatic carbocycles. The summed E-state index contributed by atoms with van der Waals surface area (Å²) in [7, 11) is 0. The third-order valence-electron chi connectivity index (χ3n) is 2.34. The molecular formula is C11H18N2. The molecule has 13 heavy (non-hydrogen) atoms. The van der Waals surface area contributed by atoms with Crippen LogP contribution in [0.15, 0.2) is 24.3 Å². The van der Waals surface area contributed by atoms with Gasteiger partial charge in [0.1, 0.15) is 0 Å². The van der Waals surface area contributed by atoms with Gasteiger partial charge in [0.25, 0.3) is 0 Å². The van der Waals surface area contributed by atoms with E-state index in [4.69, 9.17) is 11.5 Å². The van der Waals surface area contributed by atoms with Crippen LogP contribution in [-0.2, 0) is 6.42 Å². The Bertz CT molecular complexity index is 251. The zero-order valence-corrected chi connectivity index (χ0v) is 8.33. The van der Waals surface area contributed by atoms with Crippen molar-refractivity contribution in [1.82, 2.24) is 0 Å². The first-order valence-corrected chi connectivity index (χ1v) is 4.75. The Balaban J connectivity index is 2.79. The lowest BCUT2D eigenvalue weighted by Crippen LogP contribution is -2.30. The van der Waals surface area contributed by atoms with Crippen molar-refractivity contribution < 1.29 is 0 Å². The van der Waals surface area contributed by atoms with Crippen LogP contribution in [0.2, 0.25) is 0 Å². The summed E-state index contributed by atoms with van der Waals surface area (Å²) in [5.74, 6) is 0. The van der Waals surface area contributed by atoms with Crippen molar-refractivity contribution in [3.05, 3.63) is 35.4 Å². The molecule has 2 atom stereocenters. The number of nitrogens with two attached hydrogens (primary N) is 2. The van der Waals surface area contributed by atoms with E-state index < -0.39 is 0 Å². The molecule has 0 aromatic heterocycles. The van der Waals surface area contributed by atoms with Gasteiger partial charge in [-0.15, -0.1) is 0 Å². The Morgan fingerprint density at radius 2 is 1.69 bits per heavy atom. The molecule has 1 rings (SSSR count). The molecule has 1 aromatic carbocycles. The summed E-state index contributed by atoms with van der Waals surface area (Å²) in [5, 5.41) is 0. The SMILES string of the molecule is CCc1ccc(C(N)C(C)N)cc1. The van der Waals surface area contributed by atoms with Gasteiger partial charge in [0.05, 0.1) is 0 Å². The molecule has 0 fully saturated rings. The maximum Gasteiger partial charge on any atom is 0.0445 e. The van der Waals surface area contributed by atoms with E-state index in [9.17, 15) is 0 Å². The Hall–Kier alpha value is -0.860. The lowest BCUT2D eigenvalue weighted by Gasteiger charge is -2.16. The highest BCUT2D eigenvalue weighted by atomic mass is 14.8. The second-order valence-corrected chi connectivity index (χ2v) is 3.48. The Kier molecular flexibility index (Phi) is 3.46.